The van der Waals surface area contributed by atoms with E-state index in [1.807, 2.05) is 24.3 Å². The number of nitrogens with zero attached hydrogens (tertiary/aromatic N) is 2. The summed E-state index contributed by atoms with van der Waals surface area (Å²) in [7, 11) is 0. The molecule has 2 aromatic rings. The SMILES string of the molecule is CCCOCc1nc(NCC)cc(-c2ccccc2)n1. The molecule has 1 aromatic heterocycles. The molecule has 1 aromatic carbocycles. The van der Waals surface area contributed by atoms with Crippen LogP contribution in [0.15, 0.2) is 36.4 Å². The molecule has 1 N–H and O–H groups in total. The van der Waals surface area contributed by atoms with Crippen molar-refractivity contribution in [1.29, 1.82) is 0 Å². The lowest BCUT2D eigenvalue weighted by atomic mass is 10.1. The first kappa shape index (κ1) is 14.5. The molecule has 0 unspecified atom stereocenters. The van der Waals surface area contributed by atoms with Crippen LogP contribution >= 0.6 is 0 Å². The standard InChI is InChI=1S/C16H21N3O/c1-3-10-20-12-16-18-14(11-15(19-16)17-4-2)13-8-6-5-7-9-13/h5-9,11H,3-4,10,12H2,1-2H3,(H,17,18,19). The van der Waals surface area contributed by atoms with E-state index in [2.05, 4.69) is 41.3 Å². The van der Waals surface area contributed by atoms with E-state index >= 15 is 0 Å². The molecule has 0 aliphatic heterocycles. The molecule has 4 heteroatoms. The second-order valence-corrected chi connectivity index (χ2v) is 4.50. The predicted molar refractivity (Wildman–Crippen MR) is 81.6 cm³/mol. The van der Waals surface area contributed by atoms with Crippen LogP contribution in [0.5, 0.6) is 0 Å². The zero-order chi connectivity index (χ0) is 14.2. The average Bonchev–Trinajstić information content (AvgIpc) is 2.49. The molecule has 0 radical (unpaired) electrons. The minimum Gasteiger partial charge on any atom is -0.373 e. The normalized spacial score (nSPS) is 10.5. The van der Waals surface area contributed by atoms with Crippen molar-refractivity contribution in [3.8, 4) is 11.3 Å². The molecule has 0 aliphatic carbocycles. The van der Waals surface area contributed by atoms with E-state index in [1.54, 1.807) is 0 Å². The number of hydrogen-bond acceptors (Lipinski definition) is 4. The summed E-state index contributed by atoms with van der Waals surface area (Å²) in [5.41, 5.74) is 2.01. The Bertz CT molecular complexity index is 529. The van der Waals surface area contributed by atoms with Crippen LogP contribution in [0, 0.1) is 0 Å². The zero-order valence-corrected chi connectivity index (χ0v) is 12.1. The predicted octanol–water partition coefficient (Wildman–Crippen LogP) is 3.50. The van der Waals surface area contributed by atoms with Gasteiger partial charge in [0, 0.05) is 24.8 Å². The lowest BCUT2D eigenvalue weighted by Gasteiger charge is -2.09. The van der Waals surface area contributed by atoms with Gasteiger partial charge in [-0.15, -0.1) is 0 Å². The molecule has 106 valence electrons. The van der Waals surface area contributed by atoms with Crippen molar-refractivity contribution in [2.75, 3.05) is 18.5 Å². The van der Waals surface area contributed by atoms with Gasteiger partial charge < -0.3 is 10.1 Å². The highest BCUT2D eigenvalue weighted by Crippen LogP contribution is 2.19. The van der Waals surface area contributed by atoms with Crippen LogP contribution in [0.1, 0.15) is 26.1 Å². The van der Waals surface area contributed by atoms with E-state index in [1.165, 1.54) is 0 Å². The molecule has 0 aliphatic rings. The van der Waals surface area contributed by atoms with Gasteiger partial charge in [-0.3, -0.25) is 0 Å². The maximum Gasteiger partial charge on any atom is 0.157 e. The molecule has 1 heterocycles. The maximum absolute atomic E-state index is 5.54. The van der Waals surface area contributed by atoms with Gasteiger partial charge >= 0.3 is 0 Å². The molecule has 0 atom stereocenters. The number of nitrogens with one attached hydrogen (secondary N) is 1. The van der Waals surface area contributed by atoms with Gasteiger partial charge in [0.05, 0.1) is 5.69 Å². The monoisotopic (exact) mass is 271 g/mol. The summed E-state index contributed by atoms with van der Waals surface area (Å²) in [4.78, 5) is 9.05. The molecule has 0 bridgehead atoms. The first-order chi connectivity index (χ1) is 9.83. The van der Waals surface area contributed by atoms with Crippen molar-refractivity contribution in [1.82, 2.24) is 9.97 Å². The van der Waals surface area contributed by atoms with E-state index in [9.17, 15) is 0 Å². The number of aromatic nitrogens is 2. The highest BCUT2D eigenvalue weighted by molar-refractivity contribution is 5.62. The fraction of sp³-hybridized carbons (Fsp3) is 0.375. The third kappa shape index (κ3) is 4.03. The Morgan fingerprint density at radius 2 is 1.90 bits per heavy atom. The molecular formula is C16H21N3O. The molecule has 0 spiro atoms. The Hall–Kier alpha value is -1.94. The van der Waals surface area contributed by atoms with Gasteiger partial charge in [-0.05, 0) is 13.3 Å². The Morgan fingerprint density at radius 1 is 1.10 bits per heavy atom. The van der Waals surface area contributed by atoms with Crippen LogP contribution < -0.4 is 5.32 Å². The maximum atomic E-state index is 5.54. The minimum atomic E-state index is 0.451. The lowest BCUT2D eigenvalue weighted by molar-refractivity contribution is 0.116. The van der Waals surface area contributed by atoms with Gasteiger partial charge in [-0.1, -0.05) is 37.3 Å². The smallest absolute Gasteiger partial charge is 0.157 e. The second kappa shape index (κ2) is 7.60. The first-order valence-corrected chi connectivity index (χ1v) is 7.08. The Labute approximate surface area is 120 Å². The van der Waals surface area contributed by atoms with E-state index < -0.39 is 0 Å². The van der Waals surface area contributed by atoms with Crippen LogP contribution in [0.2, 0.25) is 0 Å². The van der Waals surface area contributed by atoms with Crippen LogP contribution in [0.3, 0.4) is 0 Å². The van der Waals surface area contributed by atoms with Crippen molar-refractivity contribution >= 4 is 5.82 Å². The fourth-order valence-electron chi connectivity index (χ4n) is 1.90. The molecule has 4 nitrogen and oxygen atoms in total. The Kier molecular flexibility index (Phi) is 5.50. The number of anilines is 1. The van der Waals surface area contributed by atoms with Crippen molar-refractivity contribution in [2.24, 2.45) is 0 Å². The quantitative estimate of drug-likeness (QED) is 0.783. The molecule has 20 heavy (non-hydrogen) atoms. The zero-order valence-electron chi connectivity index (χ0n) is 12.1. The molecule has 0 amide bonds. The van der Waals surface area contributed by atoms with Gasteiger partial charge in [0.2, 0.25) is 0 Å². The van der Waals surface area contributed by atoms with Crippen molar-refractivity contribution in [2.45, 2.75) is 26.9 Å². The van der Waals surface area contributed by atoms with Crippen LogP contribution in [-0.2, 0) is 11.3 Å². The van der Waals surface area contributed by atoms with Crippen LogP contribution in [-0.4, -0.2) is 23.1 Å². The fourth-order valence-corrected chi connectivity index (χ4v) is 1.90. The van der Waals surface area contributed by atoms with E-state index in [4.69, 9.17) is 4.74 Å². The van der Waals surface area contributed by atoms with Gasteiger partial charge in [0.1, 0.15) is 12.4 Å². The average molecular weight is 271 g/mol. The Balaban J connectivity index is 2.26. The van der Waals surface area contributed by atoms with Gasteiger partial charge in [0.15, 0.2) is 5.82 Å². The molecule has 2 rings (SSSR count). The van der Waals surface area contributed by atoms with Crippen molar-refractivity contribution < 1.29 is 4.74 Å². The number of ether oxygens (including phenoxy) is 1. The first-order valence-electron chi connectivity index (χ1n) is 7.08. The summed E-state index contributed by atoms with van der Waals surface area (Å²) < 4.78 is 5.54. The topological polar surface area (TPSA) is 47.0 Å². The highest BCUT2D eigenvalue weighted by Gasteiger charge is 2.06. The summed E-state index contributed by atoms with van der Waals surface area (Å²) in [6.07, 6.45) is 0.998. The third-order valence-corrected chi connectivity index (χ3v) is 2.78. The summed E-state index contributed by atoms with van der Waals surface area (Å²) in [6.45, 7) is 6.16. The lowest BCUT2D eigenvalue weighted by Crippen LogP contribution is -2.06. The van der Waals surface area contributed by atoms with Gasteiger partial charge in [0.25, 0.3) is 0 Å². The summed E-state index contributed by atoms with van der Waals surface area (Å²) in [5.74, 6) is 1.56. The summed E-state index contributed by atoms with van der Waals surface area (Å²) >= 11 is 0. The second-order valence-electron chi connectivity index (χ2n) is 4.50. The van der Waals surface area contributed by atoms with E-state index in [-0.39, 0.29) is 0 Å². The molecule has 0 saturated carbocycles. The Morgan fingerprint density at radius 3 is 2.60 bits per heavy atom. The number of hydrogen-bond donors (Lipinski definition) is 1. The van der Waals surface area contributed by atoms with Crippen LogP contribution in [0.4, 0.5) is 5.82 Å². The number of benzene rings is 1. The van der Waals surface area contributed by atoms with Crippen LogP contribution in [0.25, 0.3) is 11.3 Å². The van der Waals surface area contributed by atoms with E-state index in [0.29, 0.717) is 6.61 Å². The van der Waals surface area contributed by atoms with Gasteiger partial charge in [-0.25, -0.2) is 9.97 Å². The summed E-state index contributed by atoms with van der Waals surface area (Å²) in [6, 6.07) is 12.1. The molecule has 0 saturated heterocycles. The van der Waals surface area contributed by atoms with E-state index in [0.717, 1.165) is 42.5 Å². The van der Waals surface area contributed by atoms with Gasteiger partial charge in [-0.2, -0.15) is 0 Å². The van der Waals surface area contributed by atoms with Crippen molar-refractivity contribution in [3.63, 3.8) is 0 Å². The minimum absolute atomic E-state index is 0.451. The largest absolute Gasteiger partial charge is 0.373 e. The molecule has 0 fully saturated rings. The highest BCUT2D eigenvalue weighted by atomic mass is 16.5. The van der Waals surface area contributed by atoms with Crippen molar-refractivity contribution in [3.05, 3.63) is 42.2 Å². The third-order valence-electron chi connectivity index (χ3n) is 2.78. The number of rotatable bonds is 7. The summed E-state index contributed by atoms with van der Waals surface area (Å²) in [5, 5.41) is 3.24. The molecular weight excluding hydrogens is 250 g/mol.